The lowest BCUT2D eigenvalue weighted by molar-refractivity contribution is -0.122. The van der Waals surface area contributed by atoms with Gasteiger partial charge in [-0.15, -0.1) is 0 Å². The van der Waals surface area contributed by atoms with Crippen LogP contribution in [0.15, 0.2) is 78.0 Å². The number of ether oxygens (including phenoxy) is 2. The van der Waals surface area contributed by atoms with E-state index in [4.69, 9.17) is 9.47 Å². The van der Waals surface area contributed by atoms with Crippen molar-refractivity contribution in [3.63, 3.8) is 0 Å². The Labute approximate surface area is 268 Å². The van der Waals surface area contributed by atoms with Gasteiger partial charge in [-0.3, -0.25) is 9.69 Å². The van der Waals surface area contributed by atoms with Crippen molar-refractivity contribution < 1.29 is 32.3 Å². The standard InChI is InChI=1S/C33H37N5O7S/c1-22-11-13-25(14-12-22)46(42,43)38-16-15-27-30(38)34-17-29(35-27)37(32(41)45-33(3,4)5)20-28(39)26-19-36(18-23(26)2)31(40)44-21-24-9-7-6-8-10-24/h6-17,23,26H,18-21H2,1-5H3/t23-,26+/m1/s1. The predicted octanol–water partition coefficient (Wildman–Crippen LogP) is 5.19. The first-order valence-electron chi connectivity index (χ1n) is 14.9. The van der Waals surface area contributed by atoms with Gasteiger partial charge in [-0.05, 0) is 57.4 Å². The topological polar surface area (TPSA) is 141 Å². The summed E-state index contributed by atoms with van der Waals surface area (Å²) in [5.41, 5.74) is 1.16. The molecule has 3 heterocycles. The van der Waals surface area contributed by atoms with E-state index in [1.165, 1.54) is 35.5 Å². The Hall–Kier alpha value is -4.78. The zero-order valence-corrected chi connectivity index (χ0v) is 27.2. The summed E-state index contributed by atoms with van der Waals surface area (Å²) >= 11 is 0. The first-order chi connectivity index (χ1) is 21.7. The molecule has 2 aromatic heterocycles. The molecule has 1 fully saturated rings. The lowest BCUT2D eigenvalue weighted by Crippen LogP contribution is -2.43. The van der Waals surface area contributed by atoms with Crippen molar-refractivity contribution in [1.82, 2.24) is 18.8 Å². The zero-order chi connectivity index (χ0) is 33.2. The minimum absolute atomic E-state index is 0.0189. The third-order valence-corrected chi connectivity index (χ3v) is 9.29. The molecule has 0 N–H and O–H groups in total. The smallest absolute Gasteiger partial charge is 0.416 e. The van der Waals surface area contributed by atoms with Gasteiger partial charge >= 0.3 is 12.2 Å². The molecule has 242 valence electrons. The molecule has 0 aliphatic carbocycles. The van der Waals surface area contributed by atoms with E-state index in [-0.39, 0.29) is 53.3 Å². The van der Waals surface area contributed by atoms with Gasteiger partial charge in [-0.2, -0.15) is 0 Å². The first-order valence-corrected chi connectivity index (χ1v) is 16.3. The molecule has 12 nitrogen and oxygen atoms in total. The molecule has 1 saturated heterocycles. The molecule has 0 spiro atoms. The van der Waals surface area contributed by atoms with Crippen LogP contribution in [-0.2, 0) is 30.9 Å². The van der Waals surface area contributed by atoms with Gasteiger partial charge in [-0.1, -0.05) is 55.0 Å². The number of benzene rings is 2. The van der Waals surface area contributed by atoms with Gasteiger partial charge in [0.25, 0.3) is 10.0 Å². The molecule has 46 heavy (non-hydrogen) atoms. The molecular weight excluding hydrogens is 610 g/mol. The number of carbonyl (C=O) groups is 3. The van der Waals surface area contributed by atoms with E-state index < -0.39 is 33.7 Å². The second kappa shape index (κ2) is 12.9. The highest BCUT2D eigenvalue weighted by Gasteiger charge is 2.39. The molecular formula is C33H37N5O7S. The number of ketones is 1. The van der Waals surface area contributed by atoms with Gasteiger partial charge < -0.3 is 14.4 Å². The van der Waals surface area contributed by atoms with Gasteiger partial charge in [0, 0.05) is 25.2 Å². The Bertz CT molecular complexity index is 1850. The Balaban J connectivity index is 1.36. The van der Waals surface area contributed by atoms with Crippen LogP contribution in [0, 0.1) is 18.8 Å². The van der Waals surface area contributed by atoms with E-state index in [0.717, 1.165) is 20.0 Å². The van der Waals surface area contributed by atoms with Gasteiger partial charge in [0.1, 0.15) is 17.7 Å². The van der Waals surface area contributed by atoms with E-state index >= 15 is 0 Å². The predicted molar refractivity (Wildman–Crippen MR) is 171 cm³/mol. The third kappa shape index (κ3) is 7.20. The van der Waals surface area contributed by atoms with Crippen molar-refractivity contribution in [2.75, 3.05) is 24.5 Å². The van der Waals surface area contributed by atoms with Crippen LogP contribution in [0.25, 0.3) is 11.2 Å². The van der Waals surface area contributed by atoms with E-state index in [1.54, 1.807) is 32.9 Å². The molecule has 2 aromatic carbocycles. The monoisotopic (exact) mass is 647 g/mol. The molecule has 0 bridgehead atoms. The normalized spacial score (nSPS) is 16.8. The van der Waals surface area contributed by atoms with Crippen molar-refractivity contribution >= 4 is 45.0 Å². The number of likely N-dealkylation sites (tertiary alicyclic amines) is 1. The second-order valence-electron chi connectivity index (χ2n) is 12.4. The number of aryl methyl sites for hydroxylation is 1. The molecule has 4 aromatic rings. The van der Waals surface area contributed by atoms with Gasteiger partial charge in [0.15, 0.2) is 17.2 Å². The number of rotatable bonds is 8. The van der Waals surface area contributed by atoms with Gasteiger partial charge in [-0.25, -0.2) is 31.9 Å². The van der Waals surface area contributed by atoms with Crippen LogP contribution in [0.2, 0.25) is 0 Å². The van der Waals surface area contributed by atoms with Crippen molar-refractivity contribution in [2.45, 2.75) is 51.7 Å². The summed E-state index contributed by atoms with van der Waals surface area (Å²) in [6, 6.07) is 17.2. The summed E-state index contributed by atoms with van der Waals surface area (Å²) < 4.78 is 38.8. The highest BCUT2D eigenvalue weighted by Crippen LogP contribution is 2.27. The molecule has 1 aliphatic rings. The number of Topliss-reactive ketones (excluding diaryl/α,β-unsaturated/α-hetero) is 1. The summed E-state index contributed by atoms with van der Waals surface area (Å²) in [6.07, 6.45) is 1.26. The van der Waals surface area contributed by atoms with E-state index in [1.807, 2.05) is 44.2 Å². The van der Waals surface area contributed by atoms with Crippen LogP contribution >= 0.6 is 0 Å². The minimum atomic E-state index is -3.97. The number of carbonyl (C=O) groups excluding carboxylic acids is 3. The Morgan fingerprint density at radius 1 is 1.00 bits per heavy atom. The quantitative estimate of drug-likeness (QED) is 0.253. The van der Waals surface area contributed by atoms with Gasteiger partial charge in [0.2, 0.25) is 0 Å². The van der Waals surface area contributed by atoms with Gasteiger partial charge in [0.05, 0.1) is 17.6 Å². The van der Waals surface area contributed by atoms with E-state index in [9.17, 15) is 22.8 Å². The van der Waals surface area contributed by atoms with Crippen molar-refractivity contribution in [3.8, 4) is 0 Å². The maximum absolute atomic E-state index is 13.7. The van der Waals surface area contributed by atoms with Crippen LogP contribution in [0.1, 0.15) is 38.8 Å². The molecule has 2 atom stereocenters. The van der Waals surface area contributed by atoms with Crippen molar-refractivity contribution in [3.05, 3.63) is 84.2 Å². The Morgan fingerprint density at radius 2 is 1.70 bits per heavy atom. The molecule has 5 rings (SSSR count). The Kier molecular flexibility index (Phi) is 9.15. The fourth-order valence-corrected chi connectivity index (χ4v) is 6.50. The molecule has 0 unspecified atom stereocenters. The van der Waals surface area contributed by atoms with Crippen molar-refractivity contribution in [1.29, 1.82) is 0 Å². The highest BCUT2D eigenvalue weighted by molar-refractivity contribution is 7.90. The maximum Gasteiger partial charge on any atom is 0.416 e. The molecule has 13 heteroatoms. The minimum Gasteiger partial charge on any atom is -0.445 e. The summed E-state index contributed by atoms with van der Waals surface area (Å²) in [7, 11) is -3.97. The third-order valence-electron chi connectivity index (χ3n) is 7.61. The number of hydrogen-bond donors (Lipinski definition) is 0. The average Bonchev–Trinajstić information content (AvgIpc) is 3.62. The molecule has 2 amide bonds. The summed E-state index contributed by atoms with van der Waals surface area (Å²) in [4.78, 5) is 51.4. The largest absolute Gasteiger partial charge is 0.445 e. The van der Waals surface area contributed by atoms with Crippen LogP contribution < -0.4 is 4.90 Å². The fraction of sp³-hybridized carbons (Fsp3) is 0.364. The number of aromatic nitrogens is 3. The fourth-order valence-electron chi connectivity index (χ4n) is 5.20. The summed E-state index contributed by atoms with van der Waals surface area (Å²) in [5, 5.41) is 0. The van der Waals surface area contributed by atoms with Crippen LogP contribution in [0.3, 0.4) is 0 Å². The Morgan fingerprint density at radius 3 is 2.37 bits per heavy atom. The number of hydrogen-bond acceptors (Lipinski definition) is 9. The SMILES string of the molecule is Cc1ccc(S(=O)(=O)n2ccc3nc(N(CC(=O)[C@H]4CN(C(=O)OCc5ccccc5)C[C@H]4C)C(=O)OC(C)(C)C)cnc32)cc1. The van der Waals surface area contributed by atoms with Crippen LogP contribution in [0.5, 0.6) is 0 Å². The average molecular weight is 648 g/mol. The molecule has 0 saturated carbocycles. The number of anilines is 1. The lowest BCUT2D eigenvalue weighted by atomic mass is 9.93. The van der Waals surface area contributed by atoms with Crippen molar-refractivity contribution in [2.24, 2.45) is 11.8 Å². The molecule has 1 aliphatic heterocycles. The maximum atomic E-state index is 13.7. The first kappa shape index (κ1) is 32.6. The second-order valence-corrected chi connectivity index (χ2v) is 14.2. The van der Waals surface area contributed by atoms with E-state index in [2.05, 4.69) is 9.97 Å². The number of fused-ring (bicyclic) bond motifs is 1. The number of amides is 2. The van der Waals surface area contributed by atoms with Crippen LogP contribution in [-0.4, -0.2) is 70.5 Å². The van der Waals surface area contributed by atoms with E-state index in [0.29, 0.717) is 6.54 Å². The van der Waals surface area contributed by atoms with Crippen LogP contribution in [0.4, 0.5) is 15.4 Å². The highest BCUT2D eigenvalue weighted by atomic mass is 32.2. The zero-order valence-electron chi connectivity index (χ0n) is 26.4. The number of nitrogens with zero attached hydrogens (tertiary/aromatic N) is 5. The summed E-state index contributed by atoms with van der Waals surface area (Å²) in [6.45, 7) is 9.03. The lowest BCUT2D eigenvalue weighted by Gasteiger charge is -2.27. The summed E-state index contributed by atoms with van der Waals surface area (Å²) in [5.74, 6) is -1.03. The molecule has 0 radical (unpaired) electrons.